The Morgan fingerprint density at radius 2 is 1.47 bits per heavy atom. The summed E-state index contributed by atoms with van der Waals surface area (Å²) in [5.41, 5.74) is 3.75. The van der Waals surface area contributed by atoms with Crippen LogP contribution in [0.2, 0.25) is 0 Å². The van der Waals surface area contributed by atoms with E-state index in [1.807, 2.05) is 24.3 Å². The minimum Gasteiger partial charge on any atom is -0.122 e. The lowest BCUT2D eigenvalue weighted by Gasteiger charge is -2.04. The van der Waals surface area contributed by atoms with Gasteiger partial charge in [-0.15, -0.1) is 11.6 Å². The average molecular weight is 243 g/mol. The highest BCUT2D eigenvalue weighted by atomic mass is 35.5. The van der Waals surface area contributed by atoms with E-state index in [9.17, 15) is 0 Å². The number of rotatable bonds is 4. The van der Waals surface area contributed by atoms with E-state index in [2.05, 4.69) is 42.5 Å². The molecule has 0 nitrogen and oxygen atoms in total. The third-order valence-corrected chi connectivity index (χ3v) is 2.96. The van der Waals surface area contributed by atoms with Gasteiger partial charge in [0, 0.05) is 5.88 Å². The van der Waals surface area contributed by atoms with Gasteiger partial charge in [-0.2, -0.15) is 0 Å². The number of benzene rings is 2. The van der Waals surface area contributed by atoms with Gasteiger partial charge in [0.2, 0.25) is 0 Å². The highest BCUT2D eigenvalue weighted by molar-refractivity contribution is 6.19. The smallest absolute Gasteiger partial charge is 0.0440 e. The Kier molecular flexibility index (Phi) is 4.40. The Bertz CT molecular complexity index is 471. The van der Waals surface area contributed by atoms with Crippen LogP contribution in [-0.4, -0.2) is 5.88 Å². The lowest BCUT2D eigenvalue weighted by atomic mass is 10.0. The molecule has 0 amide bonds. The summed E-state index contributed by atoms with van der Waals surface area (Å²) in [7, 11) is 0. The molecule has 0 radical (unpaired) electrons. The van der Waals surface area contributed by atoms with Crippen LogP contribution in [0.4, 0.5) is 0 Å². The number of hydrogen-bond donors (Lipinski definition) is 0. The van der Waals surface area contributed by atoms with Crippen LogP contribution >= 0.6 is 11.6 Å². The van der Waals surface area contributed by atoms with Gasteiger partial charge < -0.3 is 0 Å². The van der Waals surface area contributed by atoms with E-state index in [0.717, 1.165) is 6.42 Å². The van der Waals surface area contributed by atoms with Gasteiger partial charge in [0.25, 0.3) is 0 Å². The largest absolute Gasteiger partial charge is 0.122 e. The topological polar surface area (TPSA) is 0 Å². The zero-order valence-electron chi connectivity index (χ0n) is 9.64. The Morgan fingerprint density at radius 3 is 2.06 bits per heavy atom. The Balaban J connectivity index is 2.15. The fraction of sp³-hybridized carbons (Fsp3) is 0.125. The molecule has 0 aliphatic heterocycles. The molecule has 2 aromatic carbocycles. The highest BCUT2D eigenvalue weighted by Gasteiger charge is 1.98. The fourth-order valence-corrected chi connectivity index (χ4v) is 1.95. The maximum Gasteiger partial charge on any atom is 0.0440 e. The lowest BCUT2D eigenvalue weighted by Crippen LogP contribution is -1.92. The second-order valence-corrected chi connectivity index (χ2v) is 4.28. The number of halogens is 1. The van der Waals surface area contributed by atoms with Crippen molar-refractivity contribution in [2.24, 2.45) is 0 Å². The molecule has 0 saturated carbocycles. The second-order valence-electron chi connectivity index (χ2n) is 4.01. The van der Waals surface area contributed by atoms with Gasteiger partial charge in [0.15, 0.2) is 0 Å². The van der Waals surface area contributed by atoms with Crippen LogP contribution in [0, 0.1) is 0 Å². The Hall–Kier alpha value is -1.53. The minimum absolute atomic E-state index is 0.573. The normalized spacial score (nSPS) is 11.5. The SMILES string of the molecule is ClCC(=Cc1ccccc1)Cc1ccccc1. The molecule has 1 heteroatoms. The summed E-state index contributed by atoms with van der Waals surface area (Å²) in [6.07, 6.45) is 3.08. The first-order valence-corrected chi connectivity index (χ1v) is 6.26. The molecule has 0 unspecified atom stereocenters. The third kappa shape index (κ3) is 3.76. The number of alkyl halides is 1. The molecule has 86 valence electrons. The molecule has 0 saturated heterocycles. The van der Waals surface area contributed by atoms with Crippen molar-refractivity contribution in [2.45, 2.75) is 6.42 Å². The Labute approximate surface area is 108 Å². The first-order chi connectivity index (χ1) is 8.38. The average Bonchev–Trinajstić information content (AvgIpc) is 2.40. The zero-order chi connectivity index (χ0) is 11.9. The van der Waals surface area contributed by atoms with E-state index in [1.165, 1.54) is 16.7 Å². The maximum atomic E-state index is 6.00. The molecular formula is C16H15Cl. The summed E-state index contributed by atoms with van der Waals surface area (Å²) in [5.74, 6) is 0.573. The minimum atomic E-state index is 0.573. The molecule has 0 aliphatic carbocycles. The number of allylic oxidation sites excluding steroid dienone is 1. The van der Waals surface area contributed by atoms with E-state index in [-0.39, 0.29) is 0 Å². The fourth-order valence-electron chi connectivity index (χ4n) is 1.78. The van der Waals surface area contributed by atoms with Crippen LogP contribution in [-0.2, 0) is 6.42 Å². The lowest BCUT2D eigenvalue weighted by molar-refractivity contribution is 1.16. The quantitative estimate of drug-likeness (QED) is 0.690. The van der Waals surface area contributed by atoms with Crippen molar-refractivity contribution in [1.29, 1.82) is 0 Å². The standard InChI is InChI=1S/C16H15Cl/c17-13-16(11-14-7-3-1-4-8-14)12-15-9-5-2-6-10-15/h1-11H,12-13H2. The van der Waals surface area contributed by atoms with Crippen LogP contribution in [0.15, 0.2) is 66.2 Å². The van der Waals surface area contributed by atoms with E-state index in [4.69, 9.17) is 11.6 Å². The maximum absolute atomic E-state index is 6.00. The predicted octanol–water partition coefficient (Wildman–Crippen LogP) is 4.55. The van der Waals surface area contributed by atoms with Crippen molar-refractivity contribution in [3.05, 3.63) is 77.4 Å². The van der Waals surface area contributed by atoms with Crippen molar-refractivity contribution in [1.82, 2.24) is 0 Å². The highest BCUT2D eigenvalue weighted by Crippen LogP contribution is 2.13. The molecule has 0 N–H and O–H groups in total. The molecule has 2 aromatic rings. The van der Waals surface area contributed by atoms with Gasteiger partial charge in [-0.05, 0) is 17.5 Å². The molecule has 17 heavy (non-hydrogen) atoms. The summed E-state index contributed by atoms with van der Waals surface area (Å²) in [6.45, 7) is 0. The summed E-state index contributed by atoms with van der Waals surface area (Å²) in [6, 6.07) is 20.7. The van der Waals surface area contributed by atoms with Crippen LogP contribution in [0.1, 0.15) is 11.1 Å². The van der Waals surface area contributed by atoms with Gasteiger partial charge in [-0.25, -0.2) is 0 Å². The Morgan fingerprint density at radius 1 is 0.882 bits per heavy atom. The van der Waals surface area contributed by atoms with E-state index >= 15 is 0 Å². The molecule has 2 rings (SSSR count). The molecule has 0 atom stereocenters. The molecular weight excluding hydrogens is 228 g/mol. The van der Waals surface area contributed by atoms with E-state index < -0.39 is 0 Å². The van der Waals surface area contributed by atoms with Crippen LogP contribution < -0.4 is 0 Å². The molecule has 0 heterocycles. The molecule has 0 aromatic heterocycles. The predicted molar refractivity (Wildman–Crippen MR) is 75.3 cm³/mol. The summed E-state index contributed by atoms with van der Waals surface area (Å²) < 4.78 is 0. The van der Waals surface area contributed by atoms with Crippen LogP contribution in [0.3, 0.4) is 0 Å². The molecule has 0 bridgehead atoms. The monoisotopic (exact) mass is 242 g/mol. The van der Waals surface area contributed by atoms with E-state index in [0.29, 0.717) is 5.88 Å². The van der Waals surface area contributed by atoms with Gasteiger partial charge in [-0.1, -0.05) is 72.3 Å². The van der Waals surface area contributed by atoms with Crippen molar-refractivity contribution in [3.63, 3.8) is 0 Å². The zero-order valence-corrected chi connectivity index (χ0v) is 10.4. The summed E-state index contributed by atoms with van der Waals surface area (Å²) in [5, 5.41) is 0. The van der Waals surface area contributed by atoms with Crippen LogP contribution in [0.25, 0.3) is 6.08 Å². The van der Waals surface area contributed by atoms with Gasteiger partial charge >= 0.3 is 0 Å². The molecule has 0 spiro atoms. The number of hydrogen-bond acceptors (Lipinski definition) is 0. The van der Waals surface area contributed by atoms with Crippen molar-refractivity contribution in [2.75, 3.05) is 5.88 Å². The van der Waals surface area contributed by atoms with Gasteiger partial charge in [0.05, 0.1) is 0 Å². The van der Waals surface area contributed by atoms with Crippen molar-refractivity contribution < 1.29 is 0 Å². The molecule has 0 aliphatic rings. The first kappa shape index (κ1) is 11.9. The van der Waals surface area contributed by atoms with Gasteiger partial charge in [0.1, 0.15) is 0 Å². The van der Waals surface area contributed by atoms with Crippen molar-refractivity contribution in [3.8, 4) is 0 Å². The molecule has 0 fully saturated rings. The van der Waals surface area contributed by atoms with Gasteiger partial charge in [-0.3, -0.25) is 0 Å². The third-order valence-electron chi connectivity index (χ3n) is 2.62. The summed E-state index contributed by atoms with van der Waals surface area (Å²) >= 11 is 6.00. The summed E-state index contributed by atoms with van der Waals surface area (Å²) in [4.78, 5) is 0. The van der Waals surface area contributed by atoms with Crippen LogP contribution in [0.5, 0.6) is 0 Å². The second kappa shape index (κ2) is 6.27. The van der Waals surface area contributed by atoms with Crippen molar-refractivity contribution >= 4 is 17.7 Å². The first-order valence-electron chi connectivity index (χ1n) is 5.73. The van der Waals surface area contributed by atoms with E-state index in [1.54, 1.807) is 0 Å².